The number of carboxylic acids is 1. The van der Waals surface area contributed by atoms with Gasteiger partial charge >= 0.3 is 5.97 Å². The number of ether oxygens (including phenoxy) is 2. The van der Waals surface area contributed by atoms with Crippen LogP contribution in [0.15, 0.2) is 47.6 Å². The zero-order valence-corrected chi connectivity index (χ0v) is 11.8. The van der Waals surface area contributed by atoms with Crippen molar-refractivity contribution in [3.63, 3.8) is 0 Å². The van der Waals surface area contributed by atoms with Crippen LogP contribution in [-0.2, 0) is 6.61 Å². The fourth-order valence-corrected chi connectivity index (χ4v) is 1.86. The molecule has 0 radical (unpaired) electrons. The summed E-state index contributed by atoms with van der Waals surface area (Å²) in [6.45, 7) is 0.277. The van der Waals surface area contributed by atoms with Crippen molar-refractivity contribution in [2.24, 2.45) is 5.11 Å². The predicted octanol–water partition coefficient (Wildman–Crippen LogP) is 3.91. The first kappa shape index (κ1) is 15.2. The molecule has 0 heterocycles. The van der Waals surface area contributed by atoms with Crippen molar-refractivity contribution in [2.75, 3.05) is 7.11 Å². The molecular formula is C15H13N3O4. The number of carbonyl (C=O) groups is 1. The molecule has 2 aromatic rings. The molecule has 112 valence electrons. The Morgan fingerprint density at radius 2 is 2.00 bits per heavy atom. The quantitative estimate of drug-likeness (QED) is 0.496. The lowest BCUT2D eigenvalue weighted by atomic mass is 10.1. The van der Waals surface area contributed by atoms with Gasteiger partial charge in [0.05, 0.1) is 18.4 Å². The van der Waals surface area contributed by atoms with E-state index in [9.17, 15) is 4.79 Å². The van der Waals surface area contributed by atoms with E-state index in [4.69, 9.17) is 20.1 Å². The van der Waals surface area contributed by atoms with Crippen molar-refractivity contribution in [1.82, 2.24) is 0 Å². The molecule has 0 bridgehead atoms. The van der Waals surface area contributed by atoms with E-state index in [1.165, 1.54) is 19.2 Å². The highest BCUT2D eigenvalue weighted by molar-refractivity contribution is 5.94. The highest BCUT2D eigenvalue weighted by Gasteiger charge is 2.15. The molecule has 0 saturated carbocycles. The normalized spacial score (nSPS) is 9.68. The van der Waals surface area contributed by atoms with Gasteiger partial charge in [0.25, 0.3) is 0 Å². The molecule has 2 rings (SSSR count). The van der Waals surface area contributed by atoms with Crippen molar-refractivity contribution in [2.45, 2.75) is 6.61 Å². The molecule has 0 aromatic heterocycles. The van der Waals surface area contributed by atoms with E-state index in [2.05, 4.69) is 10.0 Å². The maximum absolute atomic E-state index is 11.2. The lowest BCUT2D eigenvalue weighted by molar-refractivity contribution is 0.0697. The van der Waals surface area contributed by atoms with Crippen LogP contribution >= 0.6 is 0 Å². The first-order valence-electron chi connectivity index (χ1n) is 6.33. The number of hydrogen-bond acceptors (Lipinski definition) is 4. The van der Waals surface area contributed by atoms with E-state index in [0.717, 1.165) is 5.56 Å². The molecule has 22 heavy (non-hydrogen) atoms. The Morgan fingerprint density at radius 3 is 2.59 bits per heavy atom. The minimum atomic E-state index is -1.21. The third kappa shape index (κ3) is 3.47. The van der Waals surface area contributed by atoms with Gasteiger partial charge in [0.1, 0.15) is 6.61 Å². The van der Waals surface area contributed by atoms with Crippen LogP contribution in [0.25, 0.3) is 10.4 Å². The summed E-state index contributed by atoms with van der Waals surface area (Å²) in [7, 11) is 1.41. The standard InChI is InChI=1S/C15H13N3O4/c1-21-13-7-11(15(19)20)12(17-18-16)8-14(13)22-9-10-5-3-2-4-6-10/h2-8H,9H2,1H3,(H,19,20). The van der Waals surface area contributed by atoms with Crippen molar-refractivity contribution in [1.29, 1.82) is 0 Å². The SMILES string of the molecule is COc1cc(C(=O)O)c(N=[N+]=[N-])cc1OCc1ccccc1. The van der Waals surface area contributed by atoms with Gasteiger partial charge in [-0.25, -0.2) is 4.79 Å². The molecule has 0 spiro atoms. The van der Waals surface area contributed by atoms with Crippen molar-refractivity contribution in [3.8, 4) is 11.5 Å². The maximum atomic E-state index is 11.2. The number of methoxy groups -OCH3 is 1. The van der Waals surface area contributed by atoms with Gasteiger partial charge in [0.15, 0.2) is 11.5 Å². The van der Waals surface area contributed by atoms with Gasteiger partial charge in [-0.3, -0.25) is 0 Å². The summed E-state index contributed by atoms with van der Waals surface area (Å²) in [5, 5.41) is 12.5. The molecule has 0 atom stereocenters. The topological polar surface area (TPSA) is 105 Å². The second-order valence-electron chi connectivity index (χ2n) is 4.29. The number of benzene rings is 2. The van der Waals surface area contributed by atoms with Gasteiger partial charge in [-0.1, -0.05) is 35.4 Å². The van der Waals surface area contributed by atoms with E-state index in [-0.39, 0.29) is 23.6 Å². The van der Waals surface area contributed by atoms with Crippen LogP contribution in [0.2, 0.25) is 0 Å². The summed E-state index contributed by atoms with van der Waals surface area (Å²) >= 11 is 0. The summed E-state index contributed by atoms with van der Waals surface area (Å²) in [6, 6.07) is 12.1. The maximum Gasteiger partial charge on any atom is 0.336 e. The van der Waals surface area contributed by atoms with E-state index in [0.29, 0.717) is 5.75 Å². The molecule has 7 nitrogen and oxygen atoms in total. The Kier molecular flexibility index (Phi) is 4.85. The third-order valence-electron chi connectivity index (χ3n) is 2.90. The Bertz CT molecular complexity index is 725. The van der Waals surface area contributed by atoms with Crippen molar-refractivity contribution < 1.29 is 19.4 Å². The Balaban J connectivity index is 2.35. The molecule has 7 heteroatoms. The zero-order valence-electron chi connectivity index (χ0n) is 11.8. The fourth-order valence-electron chi connectivity index (χ4n) is 1.86. The molecule has 0 aliphatic rings. The van der Waals surface area contributed by atoms with Crippen LogP contribution in [0.1, 0.15) is 15.9 Å². The summed E-state index contributed by atoms with van der Waals surface area (Å²) in [4.78, 5) is 13.8. The van der Waals surface area contributed by atoms with Crippen molar-refractivity contribution in [3.05, 3.63) is 64.0 Å². The Morgan fingerprint density at radius 1 is 1.27 bits per heavy atom. The first-order chi connectivity index (χ1) is 10.7. The van der Waals surface area contributed by atoms with Gasteiger partial charge in [-0.05, 0) is 23.2 Å². The highest BCUT2D eigenvalue weighted by atomic mass is 16.5. The van der Waals surface area contributed by atoms with Crippen LogP contribution < -0.4 is 9.47 Å². The number of azide groups is 1. The number of rotatable bonds is 6. The van der Waals surface area contributed by atoms with Crippen LogP contribution in [-0.4, -0.2) is 18.2 Å². The van der Waals surface area contributed by atoms with Crippen LogP contribution in [0.3, 0.4) is 0 Å². The number of nitrogens with zero attached hydrogens (tertiary/aromatic N) is 3. The number of carboxylic acid groups (broad SMARTS) is 1. The zero-order chi connectivity index (χ0) is 15.9. The molecule has 0 unspecified atom stereocenters. The second-order valence-corrected chi connectivity index (χ2v) is 4.29. The summed E-state index contributed by atoms with van der Waals surface area (Å²) in [5.74, 6) is -0.653. The number of hydrogen-bond donors (Lipinski definition) is 1. The first-order valence-corrected chi connectivity index (χ1v) is 6.33. The average molecular weight is 299 g/mol. The molecule has 0 amide bonds. The van der Waals surface area contributed by atoms with Crippen LogP contribution in [0.5, 0.6) is 11.5 Å². The lowest BCUT2D eigenvalue weighted by Crippen LogP contribution is -2.01. The lowest BCUT2D eigenvalue weighted by Gasteiger charge is -2.13. The molecular weight excluding hydrogens is 286 g/mol. The molecule has 0 aliphatic carbocycles. The summed E-state index contributed by atoms with van der Waals surface area (Å²) < 4.78 is 10.8. The fraction of sp³-hybridized carbons (Fsp3) is 0.133. The van der Waals surface area contributed by atoms with Gasteiger partial charge in [0, 0.05) is 4.91 Å². The Labute approximate surface area is 126 Å². The van der Waals surface area contributed by atoms with Gasteiger partial charge in [0.2, 0.25) is 0 Å². The second kappa shape index (κ2) is 7.01. The monoisotopic (exact) mass is 299 g/mol. The molecule has 0 fully saturated rings. The van der Waals surface area contributed by atoms with E-state index in [1.807, 2.05) is 30.3 Å². The summed E-state index contributed by atoms with van der Waals surface area (Å²) in [5.41, 5.74) is 9.31. The highest BCUT2D eigenvalue weighted by Crippen LogP contribution is 2.35. The average Bonchev–Trinajstić information content (AvgIpc) is 2.54. The third-order valence-corrected chi connectivity index (χ3v) is 2.90. The van der Waals surface area contributed by atoms with E-state index in [1.54, 1.807) is 0 Å². The van der Waals surface area contributed by atoms with E-state index >= 15 is 0 Å². The van der Waals surface area contributed by atoms with Gasteiger partial charge < -0.3 is 14.6 Å². The van der Waals surface area contributed by atoms with Crippen LogP contribution in [0, 0.1) is 0 Å². The van der Waals surface area contributed by atoms with E-state index < -0.39 is 5.97 Å². The van der Waals surface area contributed by atoms with Gasteiger partial charge in [-0.15, -0.1) is 0 Å². The predicted molar refractivity (Wildman–Crippen MR) is 79.5 cm³/mol. The minimum absolute atomic E-state index is 0.0288. The van der Waals surface area contributed by atoms with Gasteiger partial charge in [-0.2, -0.15) is 0 Å². The summed E-state index contributed by atoms with van der Waals surface area (Å²) in [6.07, 6.45) is 0. The van der Waals surface area contributed by atoms with Crippen molar-refractivity contribution >= 4 is 11.7 Å². The molecule has 1 N–H and O–H groups in total. The Hall–Kier alpha value is -3.18. The smallest absolute Gasteiger partial charge is 0.336 e. The van der Waals surface area contributed by atoms with Crippen LogP contribution in [0.4, 0.5) is 5.69 Å². The minimum Gasteiger partial charge on any atom is -0.493 e. The molecule has 2 aromatic carbocycles. The molecule has 0 saturated heterocycles. The number of aromatic carboxylic acids is 1. The largest absolute Gasteiger partial charge is 0.493 e. The molecule has 0 aliphatic heterocycles.